The van der Waals surface area contributed by atoms with Crippen molar-refractivity contribution in [1.29, 1.82) is 0 Å². The third-order valence-electron chi connectivity index (χ3n) is 4.07. The molecule has 0 aromatic carbocycles. The monoisotopic (exact) mass is 235 g/mol. The molecule has 2 atom stereocenters. The van der Waals surface area contributed by atoms with E-state index in [1.54, 1.807) is 6.07 Å². The second kappa shape index (κ2) is 4.26. The van der Waals surface area contributed by atoms with E-state index in [-0.39, 0.29) is 5.82 Å². The van der Waals surface area contributed by atoms with Crippen LogP contribution in [0.15, 0.2) is 18.3 Å². The standard InChI is InChI=1S/C13H18FN3/c1-16-6-4-10-5-7-17(12(10)9-16)13-3-2-11(14)8-15-13/h2-3,8,10,12H,4-7,9H2,1H3/t10-,12-/m0/s1. The fourth-order valence-corrected chi connectivity index (χ4v) is 3.12. The van der Waals surface area contributed by atoms with Crippen LogP contribution >= 0.6 is 0 Å². The summed E-state index contributed by atoms with van der Waals surface area (Å²) in [6.07, 6.45) is 3.84. The number of likely N-dealkylation sites (tertiary alicyclic amines) is 1. The molecule has 92 valence electrons. The average molecular weight is 235 g/mol. The summed E-state index contributed by atoms with van der Waals surface area (Å²) >= 11 is 0. The van der Waals surface area contributed by atoms with Crippen LogP contribution in [0.2, 0.25) is 0 Å². The van der Waals surface area contributed by atoms with Gasteiger partial charge in [-0.05, 0) is 44.5 Å². The molecule has 0 unspecified atom stereocenters. The number of pyridine rings is 1. The van der Waals surface area contributed by atoms with Gasteiger partial charge in [0.15, 0.2) is 0 Å². The second-order valence-electron chi connectivity index (χ2n) is 5.20. The fraction of sp³-hybridized carbons (Fsp3) is 0.615. The van der Waals surface area contributed by atoms with Gasteiger partial charge in [-0.25, -0.2) is 9.37 Å². The van der Waals surface area contributed by atoms with Crippen molar-refractivity contribution in [2.45, 2.75) is 18.9 Å². The third-order valence-corrected chi connectivity index (χ3v) is 4.07. The lowest BCUT2D eigenvalue weighted by molar-refractivity contribution is 0.208. The van der Waals surface area contributed by atoms with Gasteiger partial charge in [0, 0.05) is 19.1 Å². The van der Waals surface area contributed by atoms with Gasteiger partial charge in [-0.3, -0.25) is 0 Å². The van der Waals surface area contributed by atoms with Crippen molar-refractivity contribution in [3.63, 3.8) is 0 Å². The SMILES string of the molecule is CN1CC[C@H]2CCN(c3ccc(F)cn3)[C@H]2C1. The van der Waals surface area contributed by atoms with E-state index < -0.39 is 0 Å². The van der Waals surface area contributed by atoms with Crippen molar-refractivity contribution in [2.75, 3.05) is 31.6 Å². The number of likely N-dealkylation sites (N-methyl/N-ethyl adjacent to an activating group) is 1. The van der Waals surface area contributed by atoms with Gasteiger partial charge in [-0.2, -0.15) is 0 Å². The first-order chi connectivity index (χ1) is 8.24. The molecular weight excluding hydrogens is 217 g/mol. The topological polar surface area (TPSA) is 19.4 Å². The van der Waals surface area contributed by atoms with Crippen LogP contribution in [0, 0.1) is 11.7 Å². The summed E-state index contributed by atoms with van der Waals surface area (Å²) in [5.41, 5.74) is 0. The van der Waals surface area contributed by atoms with Crippen LogP contribution in [0.1, 0.15) is 12.8 Å². The summed E-state index contributed by atoms with van der Waals surface area (Å²) in [6.45, 7) is 3.36. The molecule has 0 radical (unpaired) electrons. The maximum atomic E-state index is 12.9. The largest absolute Gasteiger partial charge is 0.352 e. The molecule has 17 heavy (non-hydrogen) atoms. The number of hydrogen-bond donors (Lipinski definition) is 0. The Morgan fingerprint density at radius 2 is 2.12 bits per heavy atom. The Kier molecular flexibility index (Phi) is 2.74. The van der Waals surface area contributed by atoms with Crippen LogP contribution in [0.5, 0.6) is 0 Å². The molecule has 2 fully saturated rings. The van der Waals surface area contributed by atoms with Crippen molar-refractivity contribution in [1.82, 2.24) is 9.88 Å². The van der Waals surface area contributed by atoms with Crippen LogP contribution in [-0.4, -0.2) is 42.6 Å². The van der Waals surface area contributed by atoms with E-state index in [9.17, 15) is 4.39 Å². The molecule has 0 N–H and O–H groups in total. The Bertz CT molecular complexity index is 392. The van der Waals surface area contributed by atoms with Gasteiger partial charge in [0.25, 0.3) is 0 Å². The van der Waals surface area contributed by atoms with Crippen LogP contribution in [-0.2, 0) is 0 Å². The molecule has 1 aromatic heterocycles. The predicted molar refractivity (Wildman–Crippen MR) is 65.6 cm³/mol. The molecule has 2 aliphatic rings. The number of piperidine rings is 1. The van der Waals surface area contributed by atoms with Gasteiger partial charge in [0.1, 0.15) is 11.6 Å². The number of rotatable bonds is 1. The predicted octanol–water partition coefficient (Wildman–Crippen LogP) is 1.75. The number of aromatic nitrogens is 1. The number of anilines is 1. The van der Waals surface area contributed by atoms with Crippen LogP contribution in [0.3, 0.4) is 0 Å². The minimum absolute atomic E-state index is 0.259. The first-order valence-electron chi connectivity index (χ1n) is 6.31. The van der Waals surface area contributed by atoms with Crippen LogP contribution in [0.25, 0.3) is 0 Å². The van der Waals surface area contributed by atoms with Gasteiger partial charge < -0.3 is 9.80 Å². The number of halogens is 1. The van der Waals surface area contributed by atoms with Crippen LogP contribution in [0.4, 0.5) is 10.2 Å². The Labute approximate surface area is 101 Å². The maximum Gasteiger partial charge on any atom is 0.141 e. The van der Waals surface area contributed by atoms with Gasteiger partial charge in [-0.1, -0.05) is 0 Å². The molecule has 2 aliphatic heterocycles. The second-order valence-corrected chi connectivity index (χ2v) is 5.20. The van der Waals surface area contributed by atoms with Gasteiger partial charge in [-0.15, -0.1) is 0 Å². The Balaban J connectivity index is 1.81. The highest BCUT2D eigenvalue weighted by Crippen LogP contribution is 2.33. The van der Waals surface area contributed by atoms with Crippen molar-refractivity contribution in [3.8, 4) is 0 Å². The van der Waals surface area contributed by atoms with Gasteiger partial charge in [0.2, 0.25) is 0 Å². The summed E-state index contributed by atoms with van der Waals surface area (Å²) in [4.78, 5) is 8.93. The van der Waals surface area contributed by atoms with E-state index in [1.165, 1.54) is 31.6 Å². The molecule has 3 rings (SSSR count). The molecule has 0 amide bonds. The quantitative estimate of drug-likeness (QED) is 0.739. The summed E-state index contributed by atoms with van der Waals surface area (Å²) in [5, 5.41) is 0. The van der Waals surface area contributed by atoms with E-state index in [1.807, 2.05) is 0 Å². The minimum Gasteiger partial charge on any atom is -0.352 e. The zero-order chi connectivity index (χ0) is 11.8. The van der Waals surface area contributed by atoms with Crippen molar-refractivity contribution in [3.05, 3.63) is 24.1 Å². The number of hydrogen-bond acceptors (Lipinski definition) is 3. The molecule has 3 heterocycles. The summed E-state index contributed by atoms with van der Waals surface area (Å²) < 4.78 is 12.9. The van der Waals surface area contributed by atoms with E-state index in [0.717, 1.165) is 24.8 Å². The molecule has 2 saturated heterocycles. The van der Waals surface area contributed by atoms with E-state index in [0.29, 0.717) is 6.04 Å². The highest BCUT2D eigenvalue weighted by atomic mass is 19.1. The Morgan fingerprint density at radius 1 is 1.29 bits per heavy atom. The maximum absolute atomic E-state index is 12.9. The van der Waals surface area contributed by atoms with Gasteiger partial charge >= 0.3 is 0 Å². The Hall–Kier alpha value is -1.16. The lowest BCUT2D eigenvalue weighted by Crippen LogP contribution is -2.46. The minimum atomic E-state index is -0.259. The molecule has 1 aromatic rings. The van der Waals surface area contributed by atoms with E-state index in [4.69, 9.17) is 0 Å². The zero-order valence-electron chi connectivity index (χ0n) is 10.1. The molecule has 0 bridgehead atoms. The van der Waals surface area contributed by atoms with Crippen molar-refractivity contribution < 1.29 is 4.39 Å². The van der Waals surface area contributed by atoms with Crippen LogP contribution < -0.4 is 4.90 Å². The lowest BCUT2D eigenvalue weighted by atomic mass is 9.92. The first kappa shape index (κ1) is 11.0. The highest BCUT2D eigenvalue weighted by molar-refractivity contribution is 5.41. The molecule has 0 aliphatic carbocycles. The molecule has 0 saturated carbocycles. The highest BCUT2D eigenvalue weighted by Gasteiger charge is 2.37. The summed E-state index contributed by atoms with van der Waals surface area (Å²) in [5.74, 6) is 1.46. The number of fused-ring (bicyclic) bond motifs is 1. The average Bonchev–Trinajstić information content (AvgIpc) is 2.73. The summed E-state index contributed by atoms with van der Waals surface area (Å²) in [6, 6.07) is 3.86. The summed E-state index contributed by atoms with van der Waals surface area (Å²) in [7, 11) is 2.17. The Morgan fingerprint density at radius 3 is 2.88 bits per heavy atom. The third kappa shape index (κ3) is 2.02. The molecule has 4 heteroatoms. The normalized spacial score (nSPS) is 29.4. The van der Waals surface area contributed by atoms with Gasteiger partial charge in [0.05, 0.1) is 6.20 Å². The molecule has 3 nitrogen and oxygen atoms in total. The van der Waals surface area contributed by atoms with E-state index in [2.05, 4.69) is 21.8 Å². The fourth-order valence-electron chi connectivity index (χ4n) is 3.12. The van der Waals surface area contributed by atoms with E-state index >= 15 is 0 Å². The van der Waals surface area contributed by atoms with Crippen molar-refractivity contribution >= 4 is 5.82 Å². The smallest absolute Gasteiger partial charge is 0.141 e. The van der Waals surface area contributed by atoms with Crippen molar-refractivity contribution in [2.24, 2.45) is 5.92 Å². The molecule has 0 spiro atoms. The molecular formula is C13H18FN3. The lowest BCUT2D eigenvalue weighted by Gasteiger charge is -2.37. The number of nitrogens with zero attached hydrogens (tertiary/aromatic N) is 3. The zero-order valence-corrected chi connectivity index (χ0v) is 10.1. The first-order valence-corrected chi connectivity index (χ1v) is 6.31.